The summed E-state index contributed by atoms with van der Waals surface area (Å²) >= 11 is 0. The third-order valence-corrected chi connectivity index (χ3v) is 7.03. The summed E-state index contributed by atoms with van der Waals surface area (Å²) in [4.78, 5) is 2.26. The van der Waals surface area contributed by atoms with Crippen LogP contribution in [0.3, 0.4) is 0 Å². The fourth-order valence-electron chi connectivity index (χ4n) is 5.37. The molecule has 3 nitrogen and oxygen atoms in total. The molecule has 0 amide bonds. The zero-order valence-corrected chi connectivity index (χ0v) is 19.2. The lowest BCUT2D eigenvalue weighted by Gasteiger charge is -2.29. The molecule has 164 valence electrons. The monoisotopic (exact) mass is 437 g/mol. The molecule has 0 bridgehead atoms. The van der Waals surface area contributed by atoms with E-state index < -0.39 is 0 Å². The summed E-state index contributed by atoms with van der Waals surface area (Å²) in [5.41, 5.74) is 8.56. The Balaban J connectivity index is 1.70. The van der Waals surface area contributed by atoms with Gasteiger partial charge in [-0.05, 0) is 60.7 Å². The van der Waals surface area contributed by atoms with Crippen LogP contribution in [0.15, 0.2) is 71.3 Å². The van der Waals surface area contributed by atoms with Gasteiger partial charge in [0.2, 0.25) is 5.69 Å². The van der Waals surface area contributed by atoms with Crippen LogP contribution in [0.4, 0.5) is 10.1 Å². The van der Waals surface area contributed by atoms with E-state index in [0.717, 1.165) is 58.1 Å². The van der Waals surface area contributed by atoms with Crippen LogP contribution in [0.2, 0.25) is 0 Å². The Hall–Kier alpha value is -3.66. The molecule has 0 fully saturated rings. The summed E-state index contributed by atoms with van der Waals surface area (Å²) in [6.45, 7) is 3.12. The van der Waals surface area contributed by atoms with Crippen LogP contribution < -0.4 is 9.47 Å². The van der Waals surface area contributed by atoms with Gasteiger partial charge in [-0.1, -0.05) is 24.3 Å². The van der Waals surface area contributed by atoms with Crippen molar-refractivity contribution in [3.05, 3.63) is 83.8 Å². The number of benzene rings is 3. The van der Waals surface area contributed by atoms with Crippen molar-refractivity contribution >= 4 is 27.6 Å². The van der Waals surface area contributed by atoms with Gasteiger partial charge >= 0.3 is 0 Å². The first kappa shape index (κ1) is 20.0. The molecule has 0 N–H and O–H groups in total. The minimum Gasteiger partial charge on any atom is -0.454 e. The molecule has 3 aromatic carbocycles. The average molecular weight is 438 g/mol. The number of aromatic nitrogens is 1. The van der Waals surface area contributed by atoms with Crippen molar-refractivity contribution in [1.82, 2.24) is 0 Å². The molecular weight excluding hydrogens is 411 g/mol. The van der Waals surface area contributed by atoms with Crippen LogP contribution in [0.25, 0.3) is 44.3 Å². The summed E-state index contributed by atoms with van der Waals surface area (Å²) in [5, 5.41) is 1.96. The van der Waals surface area contributed by atoms with Crippen molar-refractivity contribution in [2.24, 2.45) is 7.05 Å². The van der Waals surface area contributed by atoms with E-state index in [1.807, 2.05) is 43.6 Å². The maximum atomic E-state index is 15.5. The first-order chi connectivity index (χ1) is 16.0. The molecule has 6 rings (SSSR count). The van der Waals surface area contributed by atoms with Gasteiger partial charge < -0.3 is 9.32 Å². The lowest BCUT2D eigenvalue weighted by molar-refractivity contribution is -0.660. The molecule has 2 aromatic heterocycles. The third kappa shape index (κ3) is 2.97. The summed E-state index contributed by atoms with van der Waals surface area (Å²) in [7, 11) is 4.14. The highest BCUT2D eigenvalue weighted by molar-refractivity contribution is 6.13. The maximum Gasteiger partial charge on any atom is 0.216 e. The molecule has 0 unspecified atom stereocenters. The molecule has 4 heteroatoms. The molecule has 0 radical (unpaired) electrons. The van der Waals surface area contributed by atoms with Gasteiger partial charge in [-0.15, -0.1) is 0 Å². The number of halogens is 1. The minimum atomic E-state index is -0.244. The van der Waals surface area contributed by atoms with Gasteiger partial charge in [0.25, 0.3) is 0 Å². The highest BCUT2D eigenvalue weighted by Crippen LogP contribution is 2.44. The zero-order chi connectivity index (χ0) is 22.7. The number of furan rings is 1. The Bertz CT molecular complexity index is 1550. The van der Waals surface area contributed by atoms with Gasteiger partial charge in [0.15, 0.2) is 6.20 Å². The Morgan fingerprint density at radius 3 is 2.52 bits per heavy atom. The van der Waals surface area contributed by atoms with E-state index in [9.17, 15) is 0 Å². The molecule has 0 aliphatic carbocycles. The lowest BCUT2D eigenvalue weighted by Crippen LogP contribution is -2.30. The highest BCUT2D eigenvalue weighted by Gasteiger charge is 2.25. The van der Waals surface area contributed by atoms with Crippen LogP contribution in [0.5, 0.6) is 0 Å². The van der Waals surface area contributed by atoms with E-state index in [0.29, 0.717) is 11.1 Å². The molecule has 0 saturated heterocycles. The predicted molar refractivity (Wildman–Crippen MR) is 132 cm³/mol. The number of hydrogen-bond acceptors (Lipinski definition) is 2. The summed E-state index contributed by atoms with van der Waals surface area (Å²) in [6.07, 6.45) is 4.04. The predicted octanol–water partition coefficient (Wildman–Crippen LogP) is 6.57. The van der Waals surface area contributed by atoms with E-state index >= 15 is 4.39 Å². The van der Waals surface area contributed by atoms with E-state index in [1.165, 1.54) is 11.3 Å². The van der Waals surface area contributed by atoms with Crippen molar-refractivity contribution in [3.63, 3.8) is 0 Å². The molecule has 1 aliphatic heterocycles. The molecule has 0 spiro atoms. The van der Waals surface area contributed by atoms with Crippen LogP contribution in [0, 0.1) is 12.7 Å². The Morgan fingerprint density at radius 2 is 1.70 bits per heavy atom. The molecule has 0 saturated carbocycles. The Morgan fingerprint density at radius 1 is 0.909 bits per heavy atom. The van der Waals surface area contributed by atoms with Gasteiger partial charge in [0, 0.05) is 42.2 Å². The second-order valence-electron chi connectivity index (χ2n) is 9.06. The fourth-order valence-corrected chi connectivity index (χ4v) is 5.37. The first-order valence-electron chi connectivity index (χ1n) is 11.5. The SMILES string of the molecule is Cc1ccc2c(oc3c(-c4cccc5c4CCCN5C)c(F)ccc32)c1-c1cccc[n+]1C. The number of anilines is 1. The summed E-state index contributed by atoms with van der Waals surface area (Å²) < 4.78 is 24.2. The van der Waals surface area contributed by atoms with E-state index in [2.05, 4.69) is 47.7 Å². The third-order valence-electron chi connectivity index (χ3n) is 7.03. The molecule has 1 aliphatic rings. The van der Waals surface area contributed by atoms with Gasteiger partial charge in [-0.3, -0.25) is 0 Å². The molecule has 33 heavy (non-hydrogen) atoms. The number of rotatable bonds is 2. The molecule has 3 heterocycles. The normalized spacial score (nSPS) is 13.6. The Kier molecular flexibility index (Phi) is 4.51. The second kappa shape index (κ2) is 7.45. The van der Waals surface area contributed by atoms with E-state index in [-0.39, 0.29) is 5.82 Å². The average Bonchev–Trinajstić information content (AvgIpc) is 3.18. The van der Waals surface area contributed by atoms with Crippen molar-refractivity contribution in [1.29, 1.82) is 0 Å². The van der Waals surface area contributed by atoms with Crippen molar-refractivity contribution < 1.29 is 13.4 Å². The highest BCUT2D eigenvalue weighted by atomic mass is 19.1. The van der Waals surface area contributed by atoms with Gasteiger partial charge in [0.1, 0.15) is 24.0 Å². The number of aryl methyl sites for hydroxylation is 2. The van der Waals surface area contributed by atoms with Crippen molar-refractivity contribution in [3.8, 4) is 22.4 Å². The van der Waals surface area contributed by atoms with Crippen LogP contribution in [-0.4, -0.2) is 13.6 Å². The standard InChI is InChI=1S/C29H26FN2O/c1-18-12-13-21-22-14-15-23(30)27(20-8-6-11-24-19(20)9-7-17-31(24)2)29(22)33-28(21)26(18)25-10-4-5-16-32(25)3/h4-6,8,10-16H,7,9,17H2,1-3H3/q+1. The van der Waals surface area contributed by atoms with Crippen molar-refractivity contribution in [2.75, 3.05) is 18.5 Å². The maximum absolute atomic E-state index is 15.5. The second-order valence-corrected chi connectivity index (χ2v) is 9.06. The van der Waals surface area contributed by atoms with Crippen LogP contribution in [0.1, 0.15) is 17.5 Å². The summed E-state index contributed by atoms with van der Waals surface area (Å²) in [5.74, 6) is -0.244. The largest absolute Gasteiger partial charge is 0.454 e. The van der Waals surface area contributed by atoms with Gasteiger partial charge in [-0.25, -0.2) is 8.96 Å². The zero-order valence-electron chi connectivity index (χ0n) is 19.2. The number of pyridine rings is 1. The van der Waals surface area contributed by atoms with Crippen molar-refractivity contribution in [2.45, 2.75) is 19.8 Å². The number of nitrogens with zero attached hydrogens (tertiary/aromatic N) is 2. The smallest absolute Gasteiger partial charge is 0.216 e. The molecule has 5 aromatic rings. The number of hydrogen-bond donors (Lipinski definition) is 0. The fraction of sp³-hybridized carbons (Fsp3) is 0.207. The lowest BCUT2D eigenvalue weighted by atomic mass is 9.91. The van der Waals surface area contributed by atoms with Gasteiger partial charge in [-0.2, -0.15) is 0 Å². The summed E-state index contributed by atoms with van der Waals surface area (Å²) in [6, 6.07) is 20.0. The van der Waals surface area contributed by atoms with Crippen LogP contribution >= 0.6 is 0 Å². The minimum absolute atomic E-state index is 0.244. The van der Waals surface area contributed by atoms with Crippen LogP contribution in [-0.2, 0) is 13.5 Å². The van der Waals surface area contributed by atoms with E-state index in [4.69, 9.17) is 4.42 Å². The van der Waals surface area contributed by atoms with Gasteiger partial charge in [0.05, 0.1) is 11.1 Å². The first-order valence-corrected chi connectivity index (χ1v) is 11.5. The Labute approximate surface area is 192 Å². The van der Waals surface area contributed by atoms with E-state index in [1.54, 1.807) is 6.07 Å². The molecular formula is C29H26FN2O+. The topological polar surface area (TPSA) is 20.3 Å². The molecule has 0 atom stereocenters. The number of fused-ring (bicyclic) bond motifs is 4. The quantitative estimate of drug-likeness (QED) is 0.291.